The van der Waals surface area contributed by atoms with Gasteiger partial charge in [-0.2, -0.15) is 4.31 Å². The largest absolute Gasteiger partial charge is 0.351 e. The molecule has 8 heteroatoms. The van der Waals surface area contributed by atoms with E-state index in [-0.39, 0.29) is 11.7 Å². The minimum Gasteiger partial charge on any atom is -0.351 e. The normalized spacial score (nSPS) is 15.7. The monoisotopic (exact) mass is 461 g/mol. The van der Waals surface area contributed by atoms with Gasteiger partial charge in [0.05, 0.1) is 5.75 Å². The van der Waals surface area contributed by atoms with Crippen LogP contribution in [0.2, 0.25) is 0 Å². The zero-order valence-corrected chi connectivity index (χ0v) is 19.8. The topological polar surface area (TPSA) is 69.7 Å². The third-order valence-corrected chi connectivity index (χ3v) is 8.28. The lowest BCUT2D eigenvalue weighted by molar-refractivity contribution is 0.0956. The fourth-order valence-electron chi connectivity index (χ4n) is 3.44. The summed E-state index contributed by atoms with van der Waals surface area (Å²) in [6.45, 7) is 7.65. The Bertz CT molecular complexity index is 953. The van der Waals surface area contributed by atoms with Gasteiger partial charge in [-0.25, -0.2) is 8.42 Å². The molecule has 1 saturated heterocycles. The quantitative estimate of drug-likeness (QED) is 0.459. The molecule has 3 rings (SSSR count). The van der Waals surface area contributed by atoms with Crippen LogP contribution in [0, 0.1) is 6.92 Å². The van der Waals surface area contributed by atoms with Crippen LogP contribution in [-0.4, -0.2) is 67.8 Å². The molecule has 6 nitrogen and oxygen atoms in total. The smallest absolute Gasteiger partial charge is 0.251 e. The number of sulfonamides is 1. The van der Waals surface area contributed by atoms with E-state index in [1.807, 2.05) is 24.3 Å². The lowest BCUT2D eigenvalue weighted by Gasteiger charge is -2.33. The van der Waals surface area contributed by atoms with Gasteiger partial charge < -0.3 is 5.32 Å². The molecule has 0 atom stereocenters. The number of hydrogen-bond donors (Lipinski definition) is 1. The maximum absolute atomic E-state index is 12.4. The summed E-state index contributed by atoms with van der Waals surface area (Å²) in [6, 6.07) is 16.1. The number of benzene rings is 2. The highest BCUT2D eigenvalue weighted by atomic mass is 32.2. The lowest BCUT2D eigenvalue weighted by Crippen LogP contribution is -2.48. The first-order valence-corrected chi connectivity index (χ1v) is 13.2. The maximum Gasteiger partial charge on any atom is 0.251 e. The molecular formula is C23H31N3O3S2. The van der Waals surface area contributed by atoms with Gasteiger partial charge in [-0.05, 0) is 43.7 Å². The van der Waals surface area contributed by atoms with Crippen LogP contribution in [0.3, 0.4) is 0 Å². The number of nitrogens with one attached hydrogen (secondary N) is 1. The number of amides is 1. The molecule has 0 spiro atoms. The predicted molar refractivity (Wildman–Crippen MR) is 127 cm³/mol. The lowest BCUT2D eigenvalue weighted by atomic mass is 10.1. The highest BCUT2D eigenvalue weighted by molar-refractivity contribution is 7.99. The van der Waals surface area contributed by atoms with Crippen LogP contribution in [0.1, 0.15) is 28.4 Å². The molecule has 0 radical (unpaired) electrons. The molecule has 2 aromatic rings. The van der Waals surface area contributed by atoms with Crippen LogP contribution >= 0.6 is 11.8 Å². The first-order chi connectivity index (χ1) is 14.9. The molecule has 168 valence electrons. The van der Waals surface area contributed by atoms with E-state index in [9.17, 15) is 13.2 Å². The standard InChI is InChI=1S/C23H31N3O3S2/c1-3-31(28,29)26-15-13-25(14-16-26)18-20-6-8-21(9-7-20)23(27)24-12-17-30-22-10-4-19(2)5-11-22/h4-11H,3,12-18H2,1-2H3,(H,24,27). The molecular weight excluding hydrogens is 430 g/mol. The number of carbonyl (C=O) groups excluding carboxylic acids is 1. The highest BCUT2D eigenvalue weighted by Crippen LogP contribution is 2.17. The number of aryl methyl sites for hydroxylation is 1. The van der Waals surface area contributed by atoms with Crippen molar-refractivity contribution in [3.63, 3.8) is 0 Å². The molecule has 0 unspecified atom stereocenters. The van der Waals surface area contributed by atoms with Crippen molar-refractivity contribution in [1.29, 1.82) is 0 Å². The average molecular weight is 462 g/mol. The molecule has 0 aromatic heterocycles. The molecule has 0 saturated carbocycles. The SMILES string of the molecule is CCS(=O)(=O)N1CCN(Cc2ccc(C(=O)NCCSc3ccc(C)cc3)cc2)CC1. The Morgan fingerprint density at radius 1 is 1.00 bits per heavy atom. The van der Waals surface area contributed by atoms with Crippen LogP contribution in [0.25, 0.3) is 0 Å². The van der Waals surface area contributed by atoms with E-state index >= 15 is 0 Å². The molecule has 0 aliphatic carbocycles. The van der Waals surface area contributed by atoms with Gasteiger partial charge in [0.2, 0.25) is 10.0 Å². The number of carbonyl (C=O) groups is 1. The van der Waals surface area contributed by atoms with Crippen molar-refractivity contribution in [2.24, 2.45) is 0 Å². The van der Waals surface area contributed by atoms with E-state index in [1.54, 1.807) is 23.0 Å². The highest BCUT2D eigenvalue weighted by Gasteiger charge is 2.25. The molecule has 1 amide bonds. The first kappa shape index (κ1) is 23.8. The Labute approximate surface area is 190 Å². The van der Waals surface area contributed by atoms with Gasteiger partial charge in [0.15, 0.2) is 0 Å². The van der Waals surface area contributed by atoms with Gasteiger partial charge in [-0.1, -0.05) is 29.8 Å². The van der Waals surface area contributed by atoms with Crippen molar-refractivity contribution in [3.05, 3.63) is 65.2 Å². The van der Waals surface area contributed by atoms with Gasteiger partial charge in [-0.15, -0.1) is 11.8 Å². The molecule has 1 fully saturated rings. The summed E-state index contributed by atoms with van der Waals surface area (Å²) in [7, 11) is -3.10. The van der Waals surface area contributed by atoms with Crippen molar-refractivity contribution in [1.82, 2.24) is 14.5 Å². The van der Waals surface area contributed by atoms with Crippen molar-refractivity contribution < 1.29 is 13.2 Å². The van der Waals surface area contributed by atoms with Gasteiger partial charge in [0, 0.05) is 55.5 Å². The van der Waals surface area contributed by atoms with E-state index in [0.29, 0.717) is 25.2 Å². The van der Waals surface area contributed by atoms with E-state index in [1.165, 1.54) is 10.5 Å². The fourth-order valence-corrected chi connectivity index (χ4v) is 5.29. The minimum absolute atomic E-state index is 0.0607. The van der Waals surface area contributed by atoms with Crippen LogP contribution < -0.4 is 5.32 Å². The van der Waals surface area contributed by atoms with Crippen LogP contribution in [0.5, 0.6) is 0 Å². The Morgan fingerprint density at radius 3 is 2.26 bits per heavy atom. The zero-order valence-electron chi connectivity index (χ0n) is 18.2. The van der Waals surface area contributed by atoms with E-state index in [4.69, 9.17) is 0 Å². The molecule has 1 aliphatic rings. The molecule has 1 N–H and O–H groups in total. The van der Waals surface area contributed by atoms with Crippen molar-refractivity contribution in [2.75, 3.05) is 44.2 Å². The summed E-state index contributed by atoms with van der Waals surface area (Å²) >= 11 is 1.73. The van der Waals surface area contributed by atoms with Gasteiger partial charge >= 0.3 is 0 Å². The molecule has 2 aromatic carbocycles. The zero-order chi connectivity index (χ0) is 22.3. The second-order valence-corrected chi connectivity index (χ2v) is 11.1. The summed E-state index contributed by atoms with van der Waals surface area (Å²) in [5.41, 5.74) is 3.02. The number of rotatable bonds is 9. The maximum atomic E-state index is 12.4. The Hall–Kier alpha value is -1.87. The number of nitrogens with zero attached hydrogens (tertiary/aromatic N) is 2. The summed E-state index contributed by atoms with van der Waals surface area (Å²) in [5, 5.41) is 2.97. The second-order valence-electron chi connectivity index (χ2n) is 7.69. The predicted octanol–water partition coefficient (Wildman–Crippen LogP) is 2.98. The summed E-state index contributed by atoms with van der Waals surface area (Å²) < 4.78 is 25.5. The summed E-state index contributed by atoms with van der Waals surface area (Å²) in [6.07, 6.45) is 0. The third kappa shape index (κ3) is 7.07. The Balaban J connectivity index is 1.40. The van der Waals surface area contributed by atoms with Crippen LogP contribution in [0.15, 0.2) is 53.4 Å². The van der Waals surface area contributed by atoms with Crippen molar-refractivity contribution in [3.8, 4) is 0 Å². The van der Waals surface area contributed by atoms with E-state index in [0.717, 1.165) is 31.0 Å². The molecule has 1 aliphatic heterocycles. The van der Waals surface area contributed by atoms with Crippen LogP contribution in [0.4, 0.5) is 0 Å². The number of hydrogen-bond acceptors (Lipinski definition) is 5. The Kier molecular flexibility index (Phi) is 8.54. The summed E-state index contributed by atoms with van der Waals surface area (Å²) in [4.78, 5) is 15.8. The molecule has 1 heterocycles. The Morgan fingerprint density at radius 2 is 1.65 bits per heavy atom. The van der Waals surface area contributed by atoms with Gasteiger partial charge in [0.25, 0.3) is 5.91 Å². The van der Waals surface area contributed by atoms with Gasteiger partial charge in [0.1, 0.15) is 0 Å². The van der Waals surface area contributed by atoms with Crippen molar-refractivity contribution in [2.45, 2.75) is 25.3 Å². The first-order valence-electron chi connectivity index (χ1n) is 10.6. The van der Waals surface area contributed by atoms with Crippen LogP contribution in [-0.2, 0) is 16.6 Å². The number of thioether (sulfide) groups is 1. The van der Waals surface area contributed by atoms with Gasteiger partial charge in [-0.3, -0.25) is 9.69 Å². The third-order valence-electron chi connectivity index (χ3n) is 5.39. The minimum atomic E-state index is -3.10. The average Bonchev–Trinajstić information content (AvgIpc) is 2.78. The molecule has 31 heavy (non-hydrogen) atoms. The molecule has 0 bridgehead atoms. The van der Waals surface area contributed by atoms with Crippen molar-refractivity contribution >= 4 is 27.7 Å². The van der Waals surface area contributed by atoms with E-state index < -0.39 is 10.0 Å². The van der Waals surface area contributed by atoms with E-state index in [2.05, 4.69) is 41.4 Å². The second kappa shape index (κ2) is 11.1. The fraction of sp³-hybridized carbons (Fsp3) is 0.435. The number of piperazine rings is 1. The summed E-state index contributed by atoms with van der Waals surface area (Å²) in [5.74, 6) is 0.919.